The first kappa shape index (κ1) is 9.53. The van der Waals surface area contributed by atoms with Crippen molar-refractivity contribution in [1.82, 2.24) is 5.32 Å². The average Bonchev–Trinajstić information content (AvgIpc) is 2.83. The fraction of sp³-hybridized carbons (Fsp3) is 1.00. The molecule has 2 aliphatic carbocycles. The van der Waals surface area contributed by atoms with Crippen molar-refractivity contribution in [3.63, 3.8) is 0 Å². The van der Waals surface area contributed by atoms with Crippen molar-refractivity contribution in [3.05, 3.63) is 0 Å². The Bertz CT molecular complexity index is 200. The minimum atomic E-state index is 0.902. The predicted molar refractivity (Wildman–Crippen MR) is 62.7 cm³/mol. The minimum absolute atomic E-state index is 0.902. The highest BCUT2D eigenvalue weighted by Gasteiger charge is 2.44. The predicted octanol–water partition coefficient (Wildman–Crippen LogP) is 2.52. The third kappa shape index (κ3) is 1.96. The second-order valence-corrected chi connectivity index (χ2v) is 6.48. The molecule has 1 N–H and O–H groups in total. The molecule has 0 spiro atoms. The Morgan fingerprint density at radius 1 is 1.21 bits per heavy atom. The number of hydrogen-bond acceptors (Lipinski definition) is 2. The first-order valence-electron chi connectivity index (χ1n) is 6.24. The Hall–Kier alpha value is 0.310. The summed E-state index contributed by atoms with van der Waals surface area (Å²) < 4.78 is 0. The lowest BCUT2D eigenvalue weighted by atomic mass is 9.95. The van der Waals surface area contributed by atoms with Crippen LogP contribution in [0.2, 0.25) is 0 Å². The Morgan fingerprint density at radius 2 is 2.21 bits per heavy atom. The van der Waals surface area contributed by atoms with Gasteiger partial charge in [-0.1, -0.05) is 12.8 Å². The van der Waals surface area contributed by atoms with Crippen LogP contribution in [0.5, 0.6) is 0 Å². The van der Waals surface area contributed by atoms with E-state index in [9.17, 15) is 0 Å². The molecule has 0 aromatic rings. The third-order valence-electron chi connectivity index (χ3n) is 4.28. The van der Waals surface area contributed by atoms with Crippen molar-refractivity contribution in [2.45, 2.75) is 38.1 Å². The first-order chi connectivity index (χ1) is 6.93. The largest absolute Gasteiger partial charge is 0.313 e. The molecule has 2 saturated carbocycles. The van der Waals surface area contributed by atoms with Gasteiger partial charge in [-0.3, -0.25) is 0 Å². The fourth-order valence-corrected chi connectivity index (χ4v) is 4.51. The molecule has 0 aromatic heterocycles. The summed E-state index contributed by atoms with van der Waals surface area (Å²) in [5, 5.41) is 3.84. The van der Waals surface area contributed by atoms with Crippen LogP contribution in [-0.4, -0.2) is 24.1 Å². The van der Waals surface area contributed by atoms with E-state index < -0.39 is 0 Å². The molecule has 0 aromatic carbocycles. The van der Waals surface area contributed by atoms with Crippen LogP contribution in [-0.2, 0) is 0 Å². The topological polar surface area (TPSA) is 12.0 Å². The van der Waals surface area contributed by atoms with Crippen LogP contribution in [0.3, 0.4) is 0 Å². The molecule has 0 radical (unpaired) electrons. The van der Waals surface area contributed by atoms with E-state index in [0.29, 0.717) is 0 Å². The zero-order valence-corrected chi connectivity index (χ0v) is 9.69. The van der Waals surface area contributed by atoms with Crippen molar-refractivity contribution < 1.29 is 0 Å². The molecule has 1 heterocycles. The van der Waals surface area contributed by atoms with E-state index in [4.69, 9.17) is 0 Å². The highest BCUT2D eigenvalue weighted by molar-refractivity contribution is 7.99. The molecule has 1 saturated heterocycles. The summed E-state index contributed by atoms with van der Waals surface area (Å²) in [6.07, 6.45) is 7.47. The lowest BCUT2D eigenvalue weighted by Crippen LogP contribution is -2.36. The van der Waals surface area contributed by atoms with Gasteiger partial charge in [0.1, 0.15) is 0 Å². The molecular weight excluding hydrogens is 190 g/mol. The van der Waals surface area contributed by atoms with Gasteiger partial charge >= 0.3 is 0 Å². The van der Waals surface area contributed by atoms with Crippen LogP contribution in [0, 0.1) is 17.8 Å². The highest BCUT2D eigenvalue weighted by Crippen LogP contribution is 2.49. The summed E-state index contributed by atoms with van der Waals surface area (Å²) in [7, 11) is 0. The van der Waals surface area contributed by atoms with Gasteiger partial charge in [-0.2, -0.15) is 11.8 Å². The maximum atomic E-state index is 3.84. The van der Waals surface area contributed by atoms with Gasteiger partial charge in [-0.15, -0.1) is 0 Å². The van der Waals surface area contributed by atoms with Crippen molar-refractivity contribution in [2.75, 3.05) is 18.1 Å². The summed E-state index contributed by atoms with van der Waals surface area (Å²) in [6.45, 7) is 1.31. The zero-order valence-electron chi connectivity index (χ0n) is 8.87. The summed E-state index contributed by atoms with van der Waals surface area (Å²) in [6, 6.07) is 0.902. The lowest BCUT2D eigenvalue weighted by Gasteiger charge is -2.24. The molecule has 3 fully saturated rings. The Balaban J connectivity index is 1.43. The lowest BCUT2D eigenvalue weighted by molar-refractivity contribution is 0.337. The van der Waals surface area contributed by atoms with Gasteiger partial charge in [0.25, 0.3) is 0 Å². The van der Waals surface area contributed by atoms with Crippen molar-refractivity contribution >= 4 is 11.8 Å². The molecule has 14 heavy (non-hydrogen) atoms. The third-order valence-corrected chi connectivity index (χ3v) is 5.51. The van der Waals surface area contributed by atoms with Gasteiger partial charge in [0.2, 0.25) is 0 Å². The Labute approximate surface area is 91.4 Å². The van der Waals surface area contributed by atoms with Crippen LogP contribution < -0.4 is 5.32 Å². The monoisotopic (exact) mass is 211 g/mol. The Kier molecular flexibility index (Phi) is 2.76. The molecule has 1 aliphatic heterocycles. The number of nitrogens with one attached hydrogen (secondary N) is 1. The van der Waals surface area contributed by atoms with E-state index in [1.54, 1.807) is 0 Å². The first-order valence-corrected chi connectivity index (χ1v) is 7.40. The van der Waals surface area contributed by atoms with Gasteiger partial charge in [0.15, 0.2) is 0 Å². The molecule has 2 heteroatoms. The van der Waals surface area contributed by atoms with Crippen molar-refractivity contribution in [3.8, 4) is 0 Å². The SMILES string of the molecule is C1CC(NCC2CCSC2)[C@@H]2C[C@@H]2C1. The second kappa shape index (κ2) is 4.05. The van der Waals surface area contributed by atoms with E-state index in [0.717, 1.165) is 23.8 Å². The molecule has 2 unspecified atom stereocenters. The number of hydrogen-bond donors (Lipinski definition) is 1. The molecule has 4 atom stereocenters. The van der Waals surface area contributed by atoms with Crippen LogP contribution in [0.1, 0.15) is 32.1 Å². The van der Waals surface area contributed by atoms with Gasteiger partial charge in [0.05, 0.1) is 0 Å². The minimum Gasteiger partial charge on any atom is -0.313 e. The molecule has 1 nitrogen and oxygen atoms in total. The van der Waals surface area contributed by atoms with Gasteiger partial charge in [0, 0.05) is 6.04 Å². The van der Waals surface area contributed by atoms with Crippen LogP contribution >= 0.6 is 11.8 Å². The number of fused-ring (bicyclic) bond motifs is 1. The number of thioether (sulfide) groups is 1. The molecule has 3 rings (SSSR count). The highest BCUT2D eigenvalue weighted by atomic mass is 32.2. The maximum Gasteiger partial charge on any atom is 0.00981 e. The summed E-state index contributed by atoms with van der Waals surface area (Å²) in [4.78, 5) is 0. The van der Waals surface area contributed by atoms with Crippen LogP contribution in [0.4, 0.5) is 0 Å². The van der Waals surface area contributed by atoms with E-state index in [1.165, 1.54) is 50.2 Å². The Morgan fingerprint density at radius 3 is 3.07 bits per heavy atom. The molecule has 3 aliphatic rings. The summed E-state index contributed by atoms with van der Waals surface area (Å²) in [5.74, 6) is 6.01. The zero-order chi connectivity index (χ0) is 9.38. The van der Waals surface area contributed by atoms with Crippen LogP contribution in [0.25, 0.3) is 0 Å². The normalized spacial score (nSPS) is 46.3. The van der Waals surface area contributed by atoms with Crippen LogP contribution in [0.15, 0.2) is 0 Å². The van der Waals surface area contributed by atoms with E-state index >= 15 is 0 Å². The quantitative estimate of drug-likeness (QED) is 0.770. The second-order valence-electron chi connectivity index (χ2n) is 5.33. The number of rotatable bonds is 3. The van der Waals surface area contributed by atoms with Gasteiger partial charge in [-0.25, -0.2) is 0 Å². The molecule has 0 amide bonds. The smallest absolute Gasteiger partial charge is 0.00981 e. The fourth-order valence-electron chi connectivity index (χ4n) is 3.23. The summed E-state index contributed by atoms with van der Waals surface area (Å²) in [5.41, 5.74) is 0. The van der Waals surface area contributed by atoms with E-state index in [2.05, 4.69) is 17.1 Å². The average molecular weight is 211 g/mol. The van der Waals surface area contributed by atoms with E-state index in [-0.39, 0.29) is 0 Å². The van der Waals surface area contributed by atoms with Gasteiger partial charge < -0.3 is 5.32 Å². The van der Waals surface area contributed by atoms with E-state index in [1.807, 2.05) is 0 Å². The molecular formula is C12H21NS. The molecule has 0 bridgehead atoms. The molecule has 80 valence electrons. The van der Waals surface area contributed by atoms with Gasteiger partial charge in [-0.05, 0) is 55.1 Å². The standard InChI is InChI=1S/C12H21NS/c1-2-10-6-11(10)12(3-1)13-7-9-4-5-14-8-9/h9-13H,1-8H2/t9?,10-,11+,12?/m0/s1. The summed E-state index contributed by atoms with van der Waals surface area (Å²) >= 11 is 2.14. The van der Waals surface area contributed by atoms with Crippen molar-refractivity contribution in [1.29, 1.82) is 0 Å². The van der Waals surface area contributed by atoms with Crippen molar-refractivity contribution in [2.24, 2.45) is 17.8 Å². The maximum absolute atomic E-state index is 3.84.